The highest BCUT2D eigenvalue weighted by Crippen LogP contribution is 2.12. The van der Waals surface area contributed by atoms with Crippen LogP contribution in [-0.2, 0) is 25.6 Å². The summed E-state index contributed by atoms with van der Waals surface area (Å²) in [7, 11) is 0. The molecule has 0 aliphatic carbocycles. The lowest BCUT2D eigenvalue weighted by atomic mass is 10.0. The molecule has 0 radical (unpaired) electrons. The number of nitrogens with one attached hydrogen (secondary N) is 3. The maximum absolute atomic E-state index is 12.6. The van der Waals surface area contributed by atoms with Gasteiger partial charge in [0.2, 0.25) is 17.7 Å². The summed E-state index contributed by atoms with van der Waals surface area (Å²) in [5.41, 5.74) is 6.54. The van der Waals surface area contributed by atoms with Crippen molar-refractivity contribution in [2.24, 2.45) is 5.73 Å². The van der Waals surface area contributed by atoms with Crippen LogP contribution in [0.5, 0.6) is 5.75 Å². The van der Waals surface area contributed by atoms with E-state index in [0.717, 1.165) is 0 Å². The van der Waals surface area contributed by atoms with E-state index in [2.05, 4.69) is 16.0 Å². The third-order valence-electron chi connectivity index (χ3n) is 4.15. The van der Waals surface area contributed by atoms with Crippen molar-refractivity contribution in [2.45, 2.75) is 37.9 Å². The highest BCUT2D eigenvalue weighted by atomic mass is 32.2. The first-order valence-corrected chi connectivity index (χ1v) is 10.7. The predicted octanol–water partition coefficient (Wildman–Crippen LogP) is -0.795. The van der Waals surface area contributed by atoms with Crippen molar-refractivity contribution in [1.82, 2.24) is 16.0 Å². The SMILES string of the molecule is CSCCC(N)C(=O)NC(Cc1ccc(O)cc1)C(=O)NCC(=O)NC(C)C(=O)O. The second kappa shape index (κ2) is 12.7. The lowest BCUT2D eigenvalue weighted by molar-refractivity contribution is -0.141. The standard InChI is InChI=1S/C19H28N4O6S/c1-11(19(28)29)22-16(25)10-21-18(27)15(9-12-3-5-13(24)6-4-12)23-17(26)14(20)7-8-30-2/h3-6,11,14-15,24H,7-10,20H2,1-2H3,(H,21,27)(H,22,25)(H,23,26)(H,28,29). The second-order valence-electron chi connectivity index (χ2n) is 6.66. The van der Waals surface area contributed by atoms with Crippen molar-refractivity contribution in [3.63, 3.8) is 0 Å². The summed E-state index contributed by atoms with van der Waals surface area (Å²) in [6.07, 6.45) is 2.44. The van der Waals surface area contributed by atoms with Gasteiger partial charge in [0.25, 0.3) is 0 Å². The molecule has 3 unspecified atom stereocenters. The van der Waals surface area contributed by atoms with E-state index in [9.17, 15) is 24.3 Å². The number of aliphatic carboxylic acids is 1. The van der Waals surface area contributed by atoms with E-state index >= 15 is 0 Å². The molecular weight excluding hydrogens is 412 g/mol. The van der Waals surface area contributed by atoms with Gasteiger partial charge in [0.15, 0.2) is 0 Å². The third-order valence-corrected chi connectivity index (χ3v) is 4.79. The minimum atomic E-state index is -1.20. The molecule has 30 heavy (non-hydrogen) atoms. The van der Waals surface area contributed by atoms with Gasteiger partial charge >= 0.3 is 5.97 Å². The van der Waals surface area contributed by atoms with Gasteiger partial charge in [0.1, 0.15) is 17.8 Å². The molecule has 1 aromatic rings. The fraction of sp³-hybridized carbons (Fsp3) is 0.474. The zero-order chi connectivity index (χ0) is 22.7. The molecule has 0 heterocycles. The Bertz CT molecular complexity index is 743. The van der Waals surface area contributed by atoms with Gasteiger partial charge in [0, 0.05) is 6.42 Å². The Kier molecular flexibility index (Phi) is 10.7. The van der Waals surface area contributed by atoms with E-state index < -0.39 is 48.4 Å². The summed E-state index contributed by atoms with van der Waals surface area (Å²) in [6, 6.07) is 3.23. The first-order valence-electron chi connectivity index (χ1n) is 9.26. The summed E-state index contributed by atoms with van der Waals surface area (Å²) in [5, 5.41) is 25.4. The summed E-state index contributed by atoms with van der Waals surface area (Å²) in [6.45, 7) is 0.850. The lowest BCUT2D eigenvalue weighted by Gasteiger charge is -2.21. The van der Waals surface area contributed by atoms with Crippen LogP contribution < -0.4 is 21.7 Å². The Morgan fingerprint density at radius 2 is 1.73 bits per heavy atom. The molecule has 1 aromatic carbocycles. The van der Waals surface area contributed by atoms with Crippen LogP contribution in [0.3, 0.4) is 0 Å². The van der Waals surface area contributed by atoms with Gasteiger partial charge < -0.3 is 31.9 Å². The van der Waals surface area contributed by atoms with Crippen LogP contribution in [0.15, 0.2) is 24.3 Å². The van der Waals surface area contributed by atoms with E-state index in [1.165, 1.54) is 19.1 Å². The summed E-state index contributed by atoms with van der Waals surface area (Å²) in [4.78, 5) is 47.5. The second-order valence-corrected chi connectivity index (χ2v) is 7.65. The minimum absolute atomic E-state index is 0.0621. The molecular formula is C19H28N4O6S. The number of carbonyl (C=O) groups excluding carboxylic acids is 3. The topological polar surface area (TPSA) is 171 Å². The number of carboxylic acids is 1. The fourth-order valence-electron chi connectivity index (χ4n) is 2.38. The smallest absolute Gasteiger partial charge is 0.325 e. The Balaban J connectivity index is 2.78. The largest absolute Gasteiger partial charge is 0.508 e. The van der Waals surface area contributed by atoms with Crippen molar-refractivity contribution in [3.8, 4) is 5.75 Å². The summed E-state index contributed by atoms with van der Waals surface area (Å²) < 4.78 is 0. The molecule has 7 N–H and O–H groups in total. The molecule has 0 aromatic heterocycles. The quantitative estimate of drug-likeness (QED) is 0.245. The molecule has 0 saturated carbocycles. The molecule has 0 spiro atoms. The first kappa shape index (κ1) is 25.2. The van der Waals surface area contributed by atoms with Gasteiger partial charge in [-0.3, -0.25) is 19.2 Å². The third kappa shape index (κ3) is 9.14. The van der Waals surface area contributed by atoms with Crippen molar-refractivity contribution in [2.75, 3.05) is 18.6 Å². The molecule has 3 atom stereocenters. The number of rotatable bonds is 12. The van der Waals surface area contributed by atoms with Crippen LogP contribution in [0.1, 0.15) is 18.9 Å². The van der Waals surface area contributed by atoms with E-state index in [1.54, 1.807) is 23.9 Å². The molecule has 0 bridgehead atoms. The Morgan fingerprint density at radius 1 is 1.10 bits per heavy atom. The van der Waals surface area contributed by atoms with Crippen molar-refractivity contribution >= 4 is 35.5 Å². The number of phenols is 1. The van der Waals surface area contributed by atoms with E-state index in [0.29, 0.717) is 17.7 Å². The van der Waals surface area contributed by atoms with Gasteiger partial charge in [-0.1, -0.05) is 12.1 Å². The highest BCUT2D eigenvalue weighted by Gasteiger charge is 2.25. The number of hydrogen-bond donors (Lipinski definition) is 6. The van der Waals surface area contributed by atoms with Crippen LogP contribution >= 0.6 is 11.8 Å². The zero-order valence-corrected chi connectivity index (χ0v) is 17.7. The maximum Gasteiger partial charge on any atom is 0.325 e. The molecule has 166 valence electrons. The average Bonchev–Trinajstić information content (AvgIpc) is 2.70. The monoisotopic (exact) mass is 440 g/mol. The number of carboxylic acid groups (broad SMARTS) is 1. The van der Waals surface area contributed by atoms with Gasteiger partial charge in [-0.15, -0.1) is 0 Å². The van der Waals surface area contributed by atoms with Crippen LogP contribution in [0.25, 0.3) is 0 Å². The van der Waals surface area contributed by atoms with E-state index in [4.69, 9.17) is 10.8 Å². The highest BCUT2D eigenvalue weighted by molar-refractivity contribution is 7.98. The van der Waals surface area contributed by atoms with Crippen LogP contribution in [0.4, 0.5) is 0 Å². The van der Waals surface area contributed by atoms with Gasteiger partial charge in [-0.25, -0.2) is 0 Å². The van der Waals surface area contributed by atoms with Gasteiger partial charge in [0.05, 0.1) is 12.6 Å². The van der Waals surface area contributed by atoms with Crippen molar-refractivity contribution in [3.05, 3.63) is 29.8 Å². The number of phenolic OH excluding ortho intramolecular Hbond substituents is 1. The zero-order valence-electron chi connectivity index (χ0n) is 16.9. The van der Waals surface area contributed by atoms with Crippen molar-refractivity contribution < 1.29 is 29.4 Å². The molecule has 0 saturated heterocycles. The Morgan fingerprint density at radius 3 is 2.30 bits per heavy atom. The fourth-order valence-corrected chi connectivity index (χ4v) is 2.87. The number of hydrogen-bond acceptors (Lipinski definition) is 7. The Labute approximate surface area is 179 Å². The molecule has 0 fully saturated rings. The van der Waals surface area contributed by atoms with Gasteiger partial charge in [-0.05, 0) is 43.0 Å². The molecule has 11 heteroatoms. The molecule has 0 aliphatic heterocycles. The maximum atomic E-state index is 12.6. The summed E-state index contributed by atoms with van der Waals surface area (Å²) >= 11 is 1.55. The average molecular weight is 441 g/mol. The lowest BCUT2D eigenvalue weighted by Crippen LogP contribution is -2.54. The molecule has 10 nitrogen and oxygen atoms in total. The first-order chi connectivity index (χ1) is 14.1. The predicted molar refractivity (Wildman–Crippen MR) is 113 cm³/mol. The Hall–Kier alpha value is -2.79. The van der Waals surface area contributed by atoms with Crippen molar-refractivity contribution in [1.29, 1.82) is 0 Å². The van der Waals surface area contributed by atoms with Crippen LogP contribution in [-0.4, -0.2) is 70.6 Å². The van der Waals surface area contributed by atoms with E-state index in [1.807, 2.05) is 6.26 Å². The number of carbonyl (C=O) groups is 4. The molecule has 1 rings (SSSR count). The number of nitrogens with two attached hydrogens (primary N) is 1. The van der Waals surface area contributed by atoms with Crippen LogP contribution in [0.2, 0.25) is 0 Å². The number of thioether (sulfide) groups is 1. The summed E-state index contributed by atoms with van der Waals surface area (Å²) in [5.74, 6) is -2.24. The number of aromatic hydroxyl groups is 1. The number of amides is 3. The normalized spacial score (nSPS) is 13.6. The van der Waals surface area contributed by atoms with E-state index in [-0.39, 0.29) is 12.2 Å². The molecule has 0 aliphatic rings. The van der Waals surface area contributed by atoms with Gasteiger partial charge in [-0.2, -0.15) is 11.8 Å². The minimum Gasteiger partial charge on any atom is -0.508 e. The number of benzene rings is 1. The molecule has 3 amide bonds. The van der Waals surface area contributed by atoms with Crippen LogP contribution in [0, 0.1) is 0 Å².